The van der Waals surface area contributed by atoms with Crippen LogP contribution in [0.3, 0.4) is 0 Å². The number of H-pyrrole nitrogens is 1. The average molecular weight is 471 g/mol. The molecule has 1 aromatic heterocycles. The van der Waals surface area contributed by atoms with E-state index < -0.39 is 47.1 Å². The second-order valence-corrected chi connectivity index (χ2v) is 9.21. The molecule has 0 bridgehead atoms. The highest BCUT2D eigenvalue weighted by Crippen LogP contribution is 2.60. The van der Waals surface area contributed by atoms with Crippen molar-refractivity contribution in [3.8, 4) is 5.75 Å². The van der Waals surface area contributed by atoms with Gasteiger partial charge in [0.2, 0.25) is 5.82 Å². The van der Waals surface area contributed by atoms with Crippen molar-refractivity contribution in [1.82, 2.24) is 4.98 Å². The topological polar surface area (TPSA) is 51.3 Å². The van der Waals surface area contributed by atoms with Crippen LogP contribution in [-0.2, 0) is 4.74 Å². The molecule has 9 heteroatoms. The molecule has 2 aliphatic rings. The molecule has 33 heavy (non-hydrogen) atoms. The standard InChI is InChI=1S/C24H26F5NO3/c1-11-10-16(31)18(13-6-5-7-13)20(30-11)22-17(12(2)23(3,33-22)24(27,28)29)14-8-9-15(25)19(26)21(14)32-4/h8-10,12-13,17,22H,5-7H2,1-4H3,(H,30,31)/t12-,17-,22+,23+/m0/s1. The molecule has 4 nitrogen and oxygen atoms in total. The number of halogens is 5. The Bertz CT molecular complexity index is 1120. The SMILES string of the molecule is COc1c([C@H]2[C@H](c3[nH]c(C)cc(=O)c3C3CCC3)O[C@@](C)(C(F)(F)F)[C@H]2C)ccc(F)c1F. The van der Waals surface area contributed by atoms with Crippen LogP contribution >= 0.6 is 0 Å². The van der Waals surface area contributed by atoms with E-state index in [0.717, 1.165) is 39.4 Å². The Balaban J connectivity index is 1.97. The van der Waals surface area contributed by atoms with Gasteiger partial charge in [-0.05, 0) is 38.7 Å². The van der Waals surface area contributed by atoms with Crippen molar-refractivity contribution in [2.45, 2.75) is 69.8 Å². The predicted octanol–water partition coefficient (Wildman–Crippen LogP) is 6.05. The lowest BCUT2D eigenvalue weighted by atomic mass is 9.73. The minimum Gasteiger partial charge on any atom is -0.493 e. The Labute approximate surface area is 188 Å². The van der Waals surface area contributed by atoms with Crippen molar-refractivity contribution < 1.29 is 31.4 Å². The zero-order chi connectivity index (χ0) is 24.3. The Hall–Kier alpha value is -2.42. The second kappa shape index (κ2) is 8.11. The largest absolute Gasteiger partial charge is 0.493 e. The molecule has 1 saturated carbocycles. The van der Waals surface area contributed by atoms with Gasteiger partial charge in [0.1, 0.15) is 6.10 Å². The number of nitrogens with one attached hydrogen (secondary N) is 1. The maximum Gasteiger partial charge on any atom is 0.417 e. The van der Waals surface area contributed by atoms with Crippen LogP contribution in [0.1, 0.15) is 73.6 Å². The van der Waals surface area contributed by atoms with Gasteiger partial charge in [-0.15, -0.1) is 0 Å². The van der Waals surface area contributed by atoms with E-state index in [2.05, 4.69) is 4.98 Å². The maximum atomic E-state index is 14.6. The first-order valence-corrected chi connectivity index (χ1v) is 10.9. The van der Waals surface area contributed by atoms with Crippen LogP contribution in [0, 0.1) is 24.5 Å². The first-order valence-electron chi connectivity index (χ1n) is 10.9. The van der Waals surface area contributed by atoms with E-state index in [0.29, 0.717) is 11.3 Å². The Kier molecular flexibility index (Phi) is 5.83. The molecule has 4 rings (SSSR count). The van der Waals surface area contributed by atoms with Crippen molar-refractivity contribution in [3.63, 3.8) is 0 Å². The molecule has 0 radical (unpaired) electrons. The maximum absolute atomic E-state index is 14.6. The van der Waals surface area contributed by atoms with Crippen LogP contribution in [0.25, 0.3) is 0 Å². The number of aryl methyl sites for hydroxylation is 1. The van der Waals surface area contributed by atoms with Gasteiger partial charge in [-0.2, -0.15) is 17.6 Å². The number of benzene rings is 1. The smallest absolute Gasteiger partial charge is 0.417 e. The summed E-state index contributed by atoms with van der Waals surface area (Å²) in [6, 6.07) is 3.52. The molecular weight excluding hydrogens is 445 g/mol. The minimum atomic E-state index is -4.74. The second-order valence-electron chi connectivity index (χ2n) is 9.21. The molecule has 2 aromatic rings. The van der Waals surface area contributed by atoms with Crippen LogP contribution in [0.15, 0.2) is 23.0 Å². The molecule has 1 saturated heterocycles. The summed E-state index contributed by atoms with van der Waals surface area (Å²) in [6.07, 6.45) is -3.58. The molecule has 180 valence electrons. The van der Waals surface area contributed by atoms with E-state index in [9.17, 15) is 26.7 Å². The highest BCUT2D eigenvalue weighted by molar-refractivity contribution is 5.43. The molecule has 0 unspecified atom stereocenters. The Morgan fingerprint density at radius 2 is 1.88 bits per heavy atom. The minimum absolute atomic E-state index is 0.0591. The fourth-order valence-electron chi connectivity index (χ4n) is 5.13. The molecule has 1 aliphatic carbocycles. The van der Waals surface area contributed by atoms with Gasteiger partial charge in [-0.3, -0.25) is 4.79 Å². The van der Waals surface area contributed by atoms with E-state index in [4.69, 9.17) is 9.47 Å². The number of ether oxygens (including phenoxy) is 2. The third kappa shape index (κ3) is 3.64. The monoisotopic (exact) mass is 471 g/mol. The summed E-state index contributed by atoms with van der Waals surface area (Å²) in [5, 5.41) is 0. The highest BCUT2D eigenvalue weighted by Gasteiger charge is 2.65. The van der Waals surface area contributed by atoms with E-state index in [1.807, 2.05) is 0 Å². The molecule has 1 aromatic carbocycles. The lowest BCUT2D eigenvalue weighted by Gasteiger charge is -2.32. The van der Waals surface area contributed by atoms with E-state index >= 15 is 0 Å². The summed E-state index contributed by atoms with van der Waals surface area (Å²) in [4.78, 5) is 16.0. The zero-order valence-corrected chi connectivity index (χ0v) is 18.8. The van der Waals surface area contributed by atoms with Gasteiger partial charge < -0.3 is 14.5 Å². The third-order valence-electron chi connectivity index (χ3n) is 7.35. The van der Waals surface area contributed by atoms with Gasteiger partial charge in [0.15, 0.2) is 22.6 Å². The van der Waals surface area contributed by atoms with Crippen molar-refractivity contribution in [2.24, 2.45) is 5.92 Å². The molecular formula is C24H26F5NO3. The Morgan fingerprint density at radius 1 is 1.21 bits per heavy atom. The molecule has 2 heterocycles. The van der Waals surface area contributed by atoms with Crippen LogP contribution in [0.2, 0.25) is 0 Å². The van der Waals surface area contributed by atoms with Crippen molar-refractivity contribution in [1.29, 1.82) is 0 Å². The van der Waals surface area contributed by atoms with Gasteiger partial charge in [0, 0.05) is 34.7 Å². The summed E-state index contributed by atoms with van der Waals surface area (Å²) in [5.74, 6) is -5.26. The van der Waals surface area contributed by atoms with E-state index in [-0.39, 0.29) is 22.6 Å². The van der Waals surface area contributed by atoms with Crippen LogP contribution in [0.5, 0.6) is 5.75 Å². The fourth-order valence-corrected chi connectivity index (χ4v) is 5.13. The summed E-state index contributed by atoms with van der Waals surface area (Å²) < 4.78 is 82.0. The molecule has 1 N–H and O–H groups in total. The summed E-state index contributed by atoms with van der Waals surface area (Å²) in [7, 11) is 1.13. The van der Waals surface area contributed by atoms with Crippen LogP contribution in [-0.4, -0.2) is 23.9 Å². The molecule has 1 aliphatic heterocycles. The van der Waals surface area contributed by atoms with Crippen LogP contribution < -0.4 is 10.2 Å². The quantitative estimate of drug-likeness (QED) is 0.553. The number of rotatable bonds is 4. The van der Waals surface area contributed by atoms with Gasteiger partial charge in [-0.25, -0.2) is 4.39 Å². The number of methoxy groups -OCH3 is 1. The van der Waals surface area contributed by atoms with Gasteiger partial charge in [0.25, 0.3) is 0 Å². The molecule has 0 spiro atoms. The summed E-state index contributed by atoms with van der Waals surface area (Å²) in [5.41, 5.74) is -1.65. The fraction of sp³-hybridized carbons (Fsp3) is 0.542. The van der Waals surface area contributed by atoms with Crippen molar-refractivity contribution in [3.05, 3.63) is 62.6 Å². The van der Waals surface area contributed by atoms with E-state index in [1.165, 1.54) is 19.1 Å². The van der Waals surface area contributed by atoms with Crippen LogP contribution in [0.4, 0.5) is 22.0 Å². The first kappa shape index (κ1) is 23.7. The summed E-state index contributed by atoms with van der Waals surface area (Å²) >= 11 is 0. The van der Waals surface area contributed by atoms with Crippen molar-refractivity contribution >= 4 is 0 Å². The lowest BCUT2D eigenvalue weighted by molar-refractivity contribution is -0.275. The number of aromatic nitrogens is 1. The van der Waals surface area contributed by atoms with Gasteiger partial charge in [0.05, 0.1) is 12.8 Å². The third-order valence-corrected chi connectivity index (χ3v) is 7.35. The number of hydrogen-bond donors (Lipinski definition) is 1. The number of aromatic amines is 1. The van der Waals surface area contributed by atoms with E-state index in [1.54, 1.807) is 6.92 Å². The summed E-state index contributed by atoms with van der Waals surface area (Å²) in [6.45, 7) is 3.97. The number of alkyl halides is 3. The lowest BCUT2D eigenvalue weighted by Crippen LogP contribution is -2.46. The highest BCUT2D eigenvalue weighted by atomic mass is 19.4. The molecule has 4 atom stereocenters. The molecule has 0 amide bonds. The average Bonchev–Trinajstić information content (AvgIpc) is 2.96. The molecule has 2 fully saturated rings. The Morgan fingerprint density at radius 3 is 2.42 bits per heavy atom. The first-order chi connectivity index (χ1) is 15.4. The zero-order valence-electron chi connectivity index (χ0n) is 18.8. The normalized spacial score (nSPS) is 28.1. The van der Waals surface area contributed by atoms with Gasteiger partial charge >= 0.3 is 6.18 Å². The predicted molar refractivity (Wildman–Crippen MR) is 111 cm³/mol. The van der Waals surface area contributed by atoms with Crippen molar-refractivity contribution in [2.75, 3.05) is 7.11 Å². The van der Waals surface area contributed by atoms with Gasteiger partial charge in [-0.1, -0.05) is 19.4 Å². The number of pyridine rings is 1. The number of hydrogen-bond acceptors (Lipinski definition) is 3.